The maximum atomic E-state index is 14.4. The summed E-state index contributed by atoms with van der Waals surface area (Å²) in [5.74, 6) is 1.40. The van der Waals surface area contributed by atoms with Crippen LogP contribution in [0.4, 0.5) is 5.69 Å². The minimum absolute atomic E-state index is 0.0982. The number of sulfonamides is 1. The number of fused-ring (bicyclic) bond motifs is 2. The van der Waals surface area contributed by atoms with Gasteiger partial charge in [0, 0.05) is 37.8 Å². The summed E-state index contributed by atoms with van der Waals surface area (Å²) in [6, 6.07) is 13.4. The number of hydrogen-bond donors (Lipinski definition) is 2. The van der Waals surface area contributed by atoms with E-state index in [4.69, 9.17) is 18.9 Å². The van der Waals surface area contributed by atoms with E-state index in [0.717, 1.165) is 47.7 Å². The van der Waals surface area contributed by atoms with Crippen molar-refractivity contribution in [3.63, 3.8) is 0 Å². The molecule has 0 bridgehead atoms. The van der Waals surface area contributed by atoms with Gasteiger partial charge in [-0.2, -0.15) is 0 Å². The van der Waals surface area contributed by atoms with Crippen molar-refractivity contribution in [1.82, 2.24) is 9.80 Å². The highest BCUT2D eigenvalue weighted by Gasteiger charge is 2.31. The van der Waals surface area contributed by atoms with Gasteiger partial charge in [-0.3, -0.25) is 14.4 Å². The van der Waals surface area contributed by atoms with E-state index < -0.39 is 16.1 Å². The normalized spacial score (nSPS) is 21.5. The number of thiophene rings is 1. The van der Waals surface area contributed by atoms with Crippen LogP contribution < -0.4 is 18.9 Å². The first-order chi connectivity index (χ1) is 22.5. The van der Waals surface area contributed by atoms with Gasteiger partial charge in [0.25, 0.3) is 15.9 Å². The number of carbonyl (C=O) groups is 1. The van der Waals surface area contributed by atoms with E-state index in [1.807, 2.05) is 32.2 Å². The van der Waals surface area contributed by atoms with E-state index in [1.165, 1.54) is 12.1 Å². The Morgan fingerprint density at radius 2 is 1.87 bits per heavy atom. The van der Waals surface area contributed by atoms with Crippen LogP contribution in [0.15, 0.2) is 58.1 Å². The number of carbonyl (C=O) groups excluding carboxylic acids is 1. The first-order valence-corrected chi connectivity index (χ1v) is 18.4. The molecular formula is C34H45N3O8S2. The van der Waals surface area contributed by atoms with Crippen LogP contribution in [0.1, 0.15) is 56.0 Å². The number of aliphatic hydroxyl groups is 1. The molecule has 256 valence electrons. The molecule has 0 unspecified atom stereocenters. The topological polar surface area (TPSA) is 127 Å². The minimum Gasteiger partial charge on any atom is -0.490 e. The van der Waals surface area contributed by atoms with Gasteiger partial charge in [-0.15, -0.1) is 11.3 Å². The van der Waals surface area contributed by atoms with Gasteiger partial charge in [0.05, 0.1) is 30.4 Å². The molecular weight excluding hydrogens is 643 g/mol. The van der Waals surface area contributed by atoms with Crippen molar-refractivity contribution in [2.24, 2.45) is 5.92 Å². The number of anilines is 1. The van der Waals surface area contributed by atoms with Crippen LogP contribution in [0.5, 0.6) is 17.2 Å². The Bertz CT molecular complexity index is 1600. The van der Waals surface area contributed by atoms with Crippen molar-refractivity contribution in [3.05, 3.63) is 65.0 Å². The SMILES string of the molecule is C[C@@H]1CCCCO[C@@H](CN(C)Cc2ccc3c(c2)OCO3)[C@H](C)CN([C@H](C)CO)C(=O)c2cc(NS(=O)(=O)c3cccs3)ccc2O1. The summed E-state index contributed by atoms with van der Waals surface area (Å²) < 4.78 is 52.5. The molecule has 4 atom stereocenters. The third-order valence-electron chi connectivity index (χ3n) is 8.44. The molecule has 0 radical (unpaired) electrons. The highest BCUT2D eigenvalue weighted by molar-refractivity contribution is 7.94. The first-order valence-electron chi connectivity index (χ1n) is 16.0. The number of amides is 1. The van der Waals surface area contributed by atoms with Gasteiger partial charge in [-0.05, 0) is 87.5 Å². The average Bonchev–Trinajstić information content (AvgIpc) is 3.75. The Balaban J connectivity index is 1.40. The van der Waals surface area contributed by atoms with E-state index in [2.05, 4.69) is 16.5 Å². The molecule has 1 aromatic heterocycles. The van der Waals surface area contributed by atoms with Crippen molar-refractivity contribution >= 4 is 33.0 Å². The zero-order valence-electron chi connectivity index (χ0n) is 27.4. The largest absolute Gasteiger partial charge is 0.490 e. The molecule has 1 amide bonds. The van der Waals surface area contributed by atoms with E-state index >= 15 is 0 Å². The van der Waals surface area contributed by atoms with Crippen molar-refractivity contribution in [2.75, 3.05) is 44.9 Å². The molecule has 3 aromatic rings. The number of nitrogens with zero attached hydrogens (tertiary/aromatic N) is 2. The van der Waals surface area contributed by atoms with E-state index in [1.54, 1.807) is 35.4 Å². The van der Waals surface area contributed by atoms with Crippen LogP contribution in [-0.2, 0) is 21.3 Å². The second-order valence-electron chi connectivity index (χ2n) is 12.4. The summed E-state index contributed by atoms with van der Waals surface area (Å²) in [5.41, 5.74) is 1.57. The van der Waals surface area contributed by atoms with Gasteiger partial charge >= 0.3 is 0 Å². The Morgan fingerprint density at radius 3 is 2.64 bits per heavy atom. The Hall–Kier alpha value is -3.36. The zero-order valence-corrected chi connectivity index (χ0v) is 29.0. The fourth-order valence-corrected chi connectivity index (χ4v) is 7.84. The lowest BCUT2D eigenvalue weighted by Crippen LogP contribution is -2.47. The smallest absolute Gasteiger partial charge is 0.271 e. The number of ether oxygens (including phenoxy) is 4. The van der Waals surface area contributed by atoms with Gasteiger partial charge in [-0.1, -0.05) is 19.1 Å². The molecule has 2 aliphatic heterocycles. The Morgan fingerprint density at radius 1 is 1.09 bits per heavy atom. The molecule has 2 aromatic carbocycles. The minimum atomic E-state index is -3.83. The Labute approximate surface area is 281 Å². The lowest BCUT2D eigenvalue weighted by molar-refractivity contribution is -0.0177. The molecule has 11 nitrogen and oxygen atoms in total. The molecule has 0 spiro atoms. The van der Waals surface area contributed by atoms with E-state index in [9.17, 15) is 18.3 Å². The molecule has 0 saturated carbocycles. The quantitative estimate of drug-likeness (QED) is 0.312. The molecule has 2 aliphatic rings. The molecule has 0 saturated heterocycles. The highest BCUT2D eigenvalue weighted by Crippen LogP contribution is 2.33. The standard InChI is InChI=1S/C34H45N3O8S2/c1-23-18-37(24(2)21-38)34(39)28-17-27(35-47(40,41)33-9-7-15-46-33)11-13-29(28)45-25(3)8-5-6-14-42-32(23)20-36(4)19-26-10-12-30-31(16-26)44-22-43-30/h7,9-13,15-17,23-25,32,35,38H,5-6,8,14,18-22H2,1-4H3/t23-,24-,25-,32+/m1/s1. The molecule has 5 rings (SSSR count). The molecule has 2 N–H and O–H groups in total. The van der Waals surface area contributed by atoms with Crippen LogP contribution >= 0.6 is 11.3 Å². The summed E-state index contributed by atoms with van der Waals surface area (Å²) in [6.45, 7) is 7.97. The van der Waals surface area contributed by atoms with Gasteiger partial charge in [0.1, 0.15) is 9.96 Å². The molecule has 0 fully saturated rings. The number of benzene rings is 2. The summed E-state index contributed by atoms with van der Waals surface area (Å²) in [5, 5.41) is 11.9. The third-order valence-corrected chi connectivity index (χ3v) is 11.2. The van der Waals surface area contributed by atoms with Gasteiger partial charge < -0.3 is 29.0 Å². The zero-order chi connectivity index (χ0) is 33.6. The van der Waals surface area contributed by atoms with Gasteiger partial charge in [0.15, 0.2) is 11.5 Å². The highest BCUT2D eigenvalue weighted by atomic mass is 32.2. The Kier molecular flexibility index (Phi) is 11.7. The predicted octanol–water partition coefficient (Wildman–Crippen LogP) is 5.21. The molecule has 13 heteroatoms. The van der Waals surface area contributed by atoms with Crippen molar-refractivity contribution in [2.45, 2.75) is 69.0 Å². The molecule has 47 heavy (non-hydrogen) atoms. The van der Waals surface area contributed by atoms with Gasteiger partial charge in [0.2, 0.25) is 6.79 Å². The summed E-state index contributed by atoms with van der Waals surface area (Å²) in [7, 11) is -1.79. The maximum Gasteiger partial charge on any atom is 0.271 e. The van der Waals surface area contributed by atoms with E-state index in [-0.39, 0.29) is 52.9 Å². The monoisotopic (exact) mass is 687 g/mol. The van der Waals surface area contributed by atoms with Crippen LogP contribution in [0.3, 0.4) is 0 Å². The fraction of sp³-hybridized carbons (Fsp3) is 0.500. The van der Waals surface area contributed by atoms with Gasteiger partial charge in [-0.25, -0.2) is 8.42 Å². The second kappa shape index (κ2) is 15.7. The lowest BCUT2D eigenvalue weighted by atomic mass is 10.0. The van der Waals surface area contributed by atoms with Crippen LogP contribution in [0.25, 0.3) is 0 Å². The van der Waals surface area contributed by atoms with Crippen LogP contribution in [0.2, 0.25) is 0 Å². The maximum absolute atomic E-state index is 14.4. The number of hydrogen-bond acceptors (Lipinski definition) is 10. The molecule has 3 heterocycles. The number of rotatable bonds is 9. The molecule has 0 aliphatic carbocycles. The predicted molar refractivity (Wildman–Crippen MR) is 181 cm³/mol. The van der Waals surface area contributed by atoms with Crippen molar-refractivity contribution in [1.29, 1.82) is 0 Å². The van der Waals surface area contributed by atoms with Crippen molar-refractivity contribution in [3.8, 4) is 17.2 Å². The van der Waals surface area contributed by atoms with Crippen LogP contribution in [-0.4, -0.2) is 87.6 Å². The third kappa shape index (κ3) is 8.96. The number of aliphatic hydroxyl groups excluding tert-OH is 1. The average molecular weight is 688 g/mol. The van der Waals surface area contributed by atoms with Crippen molar-refractivity contribution < 1.29 is 37.3 Å². The first kappa shape index (κ1) is 35.0. The lowest BCUT2D eigenvalue weighted by Gasteiger charge is -2.36. The summed E-state index contributed by atoms with van der Waals surface area (Å²) in [6.07, 6.45) is 2.10. The van der Waals surface area contributed by atoms with Crippen LogP contribution in [0, 0.1) is 5.92 Å². The summed E-state index contributed by atoms with van der Waals surface area (Å²) in [4.78, 5) is 18.2. The second-order valence-corrected chi connectivity index (χ2v) is 15.3. The van der Waals surface area contributed by atoms with E-state index in [0.29, 0.717) is 32.0 Å². The fourth-order valence-electron chi connectivity index (χ4n) is 5.79. The number of likely N-dealkylation sites (N-methyl/N-ethyl adjacent to an activating group) is 1. The summed E-state index contributed by atoms with van der Waals surface area (Å²) >= 11 is 1.11. The number of nitrogens with one attached hydrogen (secondary N) is 1.